The number of anilines is 1. The summed E-state index contributed by atoms with van der Waals surface area (Å²) in [5, 5.41) is 16.0. The molecule has 9 heteroatoms. The van der Waals surface area contributed by atoms with Gasteiger partial charge in [-0.3, -0.25) is 10.1 Å². The third-order valence-electron chi connectivity index (χ3n) is 6.52. The molecule has 0 unspecified atom stereocenters. The van der Waals surface area contributed by atoms with Crippen molar-refractivity contribution in [3.63, 3.8) is 0 Å². The average Bonchev–Trinajstić information content (AvgIpc) is 3.34. The zero-order valence-corrected chi connectivity index (χ0v) is 21.7. The summed E-state index contributed by atoms with van der Waals surface area (Å²) >= 11 is 16.1. The lowest BCUT2D eigenvalue weighted by Crippen LogP contribution is -2.29. The highest BCUT2D eigenvalue weighted by Crippen LogP contribution is 2.53. The fourth-order valence-corrected chi connectivity index (χ4v) is 5.85. The Hall–Kier alpha value is -2.74. The lowest BCUT2D eigenvalue weighted by Gasteiger charge is -2.38. The molecule has 1 heterocycles. The zero-order valence-electron chi connectivity index (χ0n) is 18.6. The van der Waals surface area contributed by atoms with Gasteiger partial charge in [-0.25, -0.2) is 0 Å². The average molecular weight is 576 g/mol. The third kappa shape index (κ3) is 4.60. The molecule has 1 N–H and O–H groups in total. The van der Waals surface area contributed by atoms with Crippen molar-refractivity contribution in [2.75, 3.05) is 12.4 Å². The summed E-state index contributed by atoms with van der Waals surface area (Å²) < 4.78 is 12.6. The summed E-state index contributed by atoms with van der Waals surface area (Å²) in [5.74, 6) is 1.42. The van der Waals surface area contributed by atoms with Gasteiger partial charge in [-0.15, -0.1) is 0 Å². The first-order chi connectivity index (χ1) is 16.9. The molecular formula is C26H21BrCl2N2O4. The summed E-state index contributed by atoms with van der Waals surface area (Å²) in [4.78, 5) is 11.0. The minimum Gasteiger partial charge on any atom is -0.493 e. The molecule has 1 aliphatic heterocycles. The standard InChI is InChI=1S/C26H21BrCl2N2O4/c1-34-23-10-15(9-21(27)26(23)35-13-14-5-7-16(28)8-6-14)24-19-4-2-3-18(19)20-11-17(31(32)33)12-22(29)25(20)30-24/h2-3,5-12,18-19,24,30H,4,13H2,1H3/t18-,19+,24+/m1/s1. The molecule has 0 saturated heterocycles. The fraction of sp³-hybridized carbons (Fsp3) is 0.231. The van der Waals surface area contributed by atoms with Crippen LogP contribution in [0.3, 0.4) is 0 Å². The number of halogens is 3. The number of nitro groups is 1. The second-order valence-electron chi connectivity index (χ2n) is 8.57. The largest absolute Gasteiger partial charge is 0.493 e. The minimum atomic E-state index is -0.406. The van der Waals surface area contributed by atoms with Gasteiger partial charge in [0.25, 0.3) is 5.69 Å². The van der Waals surface area contributed by atoms with Crippen LogP contribution in [0.25, 0.3) is 0 Å². The number of methoxy groups -OCH3 is 1. The Morgan fingerprint density at radius 2 is 1.94 bits per heavy atom. The van der Waals surface area contributed by atoms with E-state index in [1.165, 1.54) is 6.07 Å². The van der Waals surface area contributed by atoms with E-state index in [9.17, 15) is 10.1 Å². The highest BCUT2D eigenvalue weighted by molar-refractivity contribution is 9.10. The van der Waals surface area contributed by atoms with Crippen molar-refractivity contribution in [3.8, 4) is 11.5 Å². The molecule has 0 amide bonds. The van der Waals surface area contributed by atoms with E-state index in [1.54, 1.807) is 13.2 Å². The molecule has 0 bridgehead atoms. The Labute approximate surface area is 221 Å². The summed E-state index contributed by atoms with van der Waals surface area (Å²) in [5.41, 5.74) is 3.58. The number of nitrogens with one attached hydrogen (secondary N) is 1. The van der Waals surface area contributed by atoms with Crippen LogP contribution >= 0.6 is 39.1 Å². The maximum absolute atomic E-state index is 11.4. The Morgan fingerprint density at radius 3 is 2.66 bits per heavy atom. The fourth-order valence-electron chi connectivity index (χ4n) is 4.87. The molecule has 5 rings (SSSR count). The van der Waals surface area contributed by atoms with E-state index < -0.39 is 4.92 Å². The molecule has 0 aromatic heterocycles. The maximum Gasteiger partial charge on any atom is 0.271 e. The van der Waals surface area contributed by atoms with Crippen molar-refractivity contribution in [1.82, 2.24) is 0 Å². The van der Waals surface area contributed by atoms with E-state index in [2.05, 4.69) is 33.4 Å². The van der Waals surface area contributed by atoms with Crippen LogP contribution in [-0.2, 0) is 6.61 Å². The topological polar surface area (TPSA) is 73.6 Å². The summed E-state index contributed by atoms with van der Waals surface area (Å²) in [7, 11) is 1.61. The Bertz CT molecular complexity index is 1330. The highest BCUT2D eigenvalue weighted by Gasteiger charge is 2.40. The van der Waals surface area contributed by atoms with Crippen molar-refractivity contribution >= 4 is 50.5 Å². The summed E-state index contributed by atoms with van der Waals surface area (Å²) in [6, 6.07) is 14.4. The van der Waals surface area contributed by atoms with Gasteiger partial charge in [-0.2, -0.15) is 0 Å². The normalized spacial score (nSPS) is 20.1. The lowest BCUT2D eigenvalue weighted by molar-refractivity contribution is -0.384. The van der Waals surface area contributed by atoms with Crippen LogP contribution in [-0.4, -0.2) is 12.0 Å². The number of hydrogen-bond donors (Lipinski definition) is 1. The number of ether oxygens (including phenoxy) is 2. The smallest absolute Gasteiger partial charge is 0.271 e. The Balaban J connectivity index is 1.47. The number of rotatable bonds is 6. The molecule has 6 nitrogen and oxygen atoms in total. The van der Waals surface area contributed by atoms with E-state index in [-0.39, 0.29) is 23.6 Å². The van der Waals surface area contributed by atoms with Crippen molar-refractivity contribution in [2.24, 2.45) is 5.92 Å². The number of hydrogen-bond acceptors (Lipinski definition) is 5. The number of non-ortho nitro benzene ring substituents is 1. The van der Waals surface area contributed by atoms with E-state index in [0.717, 1.165) is 33.3 Å². The highest BCUT2D eigenvalue weighted by atomic mass is 79.9. The monoisotopic (exact) mass is 574 g/mol. The van der Waals surface area contributed by atoms with E-state index in [0.29, 0.717) is 28.2 Å². The molecule has 0 radical (unpaired) electrons. The SMILES string of the molecule is COc1cc([C@@H]2Nc3c(Cl)cc([N+](=O)[O-])cc3[C@@H]3C=CC[C@@H]32)cc(Br)c1OCc1ccc(Cl)cc1. The lowest BCUT2D eigenvalue weighted by atomic mass is 9.77. The van der Waals surface area contributed by atoms with E-state index >= 15 is 0 Å². The molecule has 0 fully saturated rings. The van der Waals surface area contributed by atoms with Gasteiger partial charge in [0.2, 0.25) is 0 Å². The maximum atomic E-state index is 11.4. The van der Waals surface area contributed by atoms with Crippen LogP contribution in [0.5, 0.6) is 11.5 Å². The van der Waals surface area contributed by atoms with Gasteiger partial charge in [0, 0.05) is 23.1 Å². The van der Waals surface area contributed by atoms with Crippen molar-refractivity contribution in [2.45, 2.75) is 25.0 Å². The van der Waals surface area contributed by atoms with Gasteiger partial charge in [0.1, 0.15) is 6.61 Å². The first kappa shape index (κ1) is 24.0. The minimum absolute atomic E-state index is 0.000322. The number of allylic oxidation sites excluding steroid dienone is 2. The van der Waals surface area contributed by atoms with Crippen LogP contribution in [0.4, 0.5) is 11.4 Å². The molecule has 1 aliphatic carbocycles. The van der Waals surface area contributed by atoms with Crippen molar-refractivity contribution in [3.05, 3.63) is 102 Å². The van der Waals surface area contributed by atoms with E-state index in [4.69, 9.17) is 32.7 Å². The number of nitro benzene ring substituents is 1. The van der Waals surface area contributed by atoms with Gasteiger partial charge in [0.15, 0.2) is 11.5 Å². The molecule has 3 aromatic rings. The number of nitrogens with zero attached hydrogens (tertiary/aromatic N) is 1. The van der Waals surface area contributed by atoms with Gasteiger partial charge < -0.3 is 14.8 Å². The van der Waals surface area contributed by atoms with Crippen molar-refractivity contribution in [1.29, 1.82) is 0 Å². The molecule has 3 atom stereocenters. The molecule has 180 valence electrons. The summed E-state index contributed by atoms with van der Waals surface area (Å²) in [6.45, 7) is 0.365. The van der Waals surface area contributed by atoms with Crippen LogP contribution < -0.4 is 14.8 Å². The van der Waals surface area contributed by atoms with Crippen molar-refractivity contribution < 1.29 is 14.4 Å². The molecule has 0 saturated carbocycles. The van der Waals surface area contributed by atoms with Crippen LogP contribution in [0, 0.1) is 16.0 Å². The predicted molar refractivity (Wildman–Crippen MR) is 141 cm³/mol. The first-order valence-electron chi connectivity index (χ1n) is 11.0. The number of fused-ring (bicyclic) bond motifs is 3. The molecule has 0 spiro atoms. The Morgan fingerprint density at radius 1 is 1.17 bits per heavy atom. The van der Waals surface area contributed by atoms with Crippen LogP contribution in [0.1, 0.15) is 35.1 Å². The first-order valence-corrected chi connectivity index (χ1v) is 12.6. The number of benzene rings is 3. The van der Waals surface area contributed by atoms with E-state index in [1.807, 2.05) is 36.4 Å². The second kappa shape index (κ2) is 9.72. The van der Waals surface area contributed by atoms with Crippen LogP contribution in [0.15, 0.2) is 65.2 Å². The molecule has 2 aliphatic rings. The summed E-state index contributed by atoms with van der Waals surface area (Å²) in [6.07, 6.45) is 5.09. The predicted octanol–water partition coefficient (Wildman–Crippen LogP) is 8.08. The van der Waals surface area contributed by atoms with Gasteiger partial charge >= 0.3 is 0 Å². The van der Waals surface area contributed by atoms with Gasteiger partial charge in [0.05, 0.1) is 33.3 Å². The second-order valence-corrected chi connectivity index (χ2v) is 10.3. The quantitative estimate of drug-likeness (QED) is 0.183. The molecule has 35 heavy (non-hydrogen) atoms. The molecular weight excluding hydrogens is 555 g/mol. The van der Waals surface area contributed by atoms with Gasteiger partial charge in [-0.05, 0) is 69.2 Å². The molecule has 3 aromatic carbocycles. The third-order valence-corrected chi connectivity index (χ3v) is 7.66. The van der Waals surface area contributed by atoms with Crippen LogP contribution in [0.2, 0.25) is 10.0 Å². The van der Waals surface area contributed by atoms with Gasteiger partial charge in [-0.1, -0.05) is 47.5 Å². The Kier molecular flexibility index (Phi) is 6.66. The zero-order chi connectivity index (χ0) is 24.7.